The number of β-amino-alcohol motifs (C(OH)–C–C–N with tert-alkyl or cyclic N) is 1. The van der Waals surface area contributed by atoms with Gasteiger partial charge in [0.25, 0.3) is 5.91 Å². The summed E-state index contributed by atoms with van der Waals surface area (Å²) in [5.41, 5.74) is -0.0236. The van der Waals surface area contributed by atoms with Crippen molar-refractivity contribution < 1.29 is 14.6 Å². The first kappa shape index (κ1) is 15.8. The van der Waals surface area contributed by atoms with Crippen molar-refractivity contribution in [3.63, 3.8) is 0 Å². The SMILES string of the molecule is CCCCOc1ccc(C(=O)N2CC(O)(CCC)C2)cc1. The molecular formula is C17H25NO3. The number of nitrogens with zero attached hydrogens (tertiary/aromatic N) is 1. The Bertz CT molecular complexity index is 463. The van der Waals surface area contributed by atoms with Gasteiger partial charge in [0.2, 0.25) is 0 Å². The molecule has 1 aliphatic heterocycles. The van der Waals surface area contributed by atoms with Crippen LogP contribution in [0, 0.1) is 0 Å². The molecule has 0 aromatic heterocycles. The minimum absolute atomic E-state index is 0.0177. The van der Waals surface area contributed by atoms with Crippen LogP contribution in [-0.2, 0) is 0 Å². The van der Waals surface area contributed by atoms with Crippen LogP contribution in [0.15, 0.2) is 24.3 Å². The minimum Gasteiger partial charge on any atom is -0.494 e. The van der Waals surface area contributed by atoms with Crippen LogP contribution in [0.5, 0.6) is 5.75 Å². The molecule has 0 bridgehead atoms. The van der Waals surface area contributed by atoms with E-state index in [2.05, 4.69) is 6.92 Å². The molecule has 4 heteroatoms. The van der Waals surface area contributed by atoms with Gasteiger partial charge in [0.15, 0.2) is 0 Å². The minimum atomic E-state index is -0.673. The molecule has 1 amide bonds. The number of likely N-dealkylation sites (tertiary alicyclic amines) is 1. The highest BCUT2D eigenvalue weighted by Gasteiger charge is 2.42. The van der Waals surface area contributed by atoms with Crippen molar-refractivity contribution in [2.45, 2.75) is 45.1 Å². The van der Waals surface area contributed by atoms with Gasteiger partial charge in [0.05, 0.1) is 25.3 Å². The van der Waals surface area contributed by atoms with Crippen molar-refractivity contribution >= 4 is 5.91 Å². The molecule has 0 saturated carbocycles. The monoisotopic (exact) mass is 291 g/mol. The van der Waals surface area contributed by atoms with Crippen LogP contribution >= 0.6 is 0 Å². The number of aliphatic hydroxyl groups is 1. The van der Waals surface area contributed by atoms with Crippen LogP contribution in [0.2, 0.25) is 0 Å². The summed E-state index contributed by atoms with van der Waals surface area (Å²) in [6.45, 7) is 5.75. The molecule has 0 unspecified atom stereocenters. The van der Waals surface area contributed by atoms with Crippen molar-refractivity contribution in [3.05, 3.63) is 29.8 Å². The molecule has 1 saturated heterocycles. The number of hydrogen-bond acceptors (Lipinski definition) is 3. The lowest BCUT2D eigenvalue weighted by Gasteiger charge is -2.46. The number of carbonyl (C=O) groups excluding carboxylic acids is 1. The molecular weight excluding hydrogens is 266 g/mol. The molecule has 4 nitrogen and oxygen atoms in total. The lowest BCUT2D eigenvalue weighted by molar-refractivity contribution is -0.0860. The Labute approximate surface area is 126 Å². The van der Waals surface area contributed by atoms with Gasteiger partial charge in [0.1, 0.15) is 5.75 Å². The highest BCUT2D eigenvalue weighted by atomic mass is 16.5. The third-order valence-electron chi connectivity index (χ3n) is 3.84. The van der Waals surface area contributed by atoms with E-state index < -0.39 is 5.60 Å². The third-order valence-corrected chi connectivity index (χ3v) is 3.84. The van der Waals surface area contributed by atoms with Gasteiger partial charge >= 0.3 is 0 Å². The van der Waals surface area contributed by atoms with Gasteiger partial charge in [-0.05, 0) is 37.1 Å². The quantitative estimate of drug-likeness (QED) is 0.786. The summed E-state index contributed by atoms with van der Waals surface area (Å²) >= 11 is 0. The van der Waals surface area contributed by atoms with E-state index >= 15 is 0 Å². The molecule has 1 aromatic carbocycles. The van der Waals surface area contributed by atoms with Crippen LogP contribution < -0.4 is 4.74 Å². The van der Waals surface area contributed by atoms with Gasteiger partial charge in [-0.3, -0.25) is 4.79 Å². The van der Waals surface area contributed by atoms with Gasteiger partial charge in [-0.1, -0.05) is 26.7 Å². The van der Waals surface area contributed by atoms with E-state index in [1.54, 1.807) is 17.0 Å². The van der Waals surface area contributed by atoms with Gasteiger partial charge in [-0.15, -0.1) is 0 Å². The maximum atomic E-state index is 12.3. The molecule has 1 aliphatic rings. The number of benzene rings is 1. The van der Waals surface area contributed by atoms with E-state index in [0.29, 0.717) is 25.3 Å². The molecule has 1 N–H and O–H groups in total. The molecule has 0 spiro atoms. The lowest BCUT2D eigenvalue weighted by Crippen LogP contribution is -2.63. The van der Waals surface area contributed by atoms with E-state index in [1.165, 1.54) is 0 Å². The van der Waals surface area contributed by atoms with E-state index in [0.717, 1.165) is 31.4 Å². The number of amides is 1. The summed E-state index contributed by atoms with van der Waals surface area (Å²) in [5.74, 6) is 0.780. The van der Waals surface area contributed by atoms with Crippen molar-refractivity contribution in [2.75, 3.05) is 19.7 Å². The summed E-state index contributed by atoms with van der Waals surface area (Å²) < 4.78 is 5.58. The third kappa shape index (κ3) is 3.97. The number of rotatable bonds is 7. The first-order valence-electron chi connectivity index (χ1n) is 7.82. The fourth-order valence-electron chi connectivity index (χ4n) is 2.64. The van der Waals surface area contributed by atoms with Crippen LogP contribution in [0.1, 0.15) is 49.9 Å². The molecule has 1 heterocycles. The summed E-state index contributed by atoms with van der Waals surface area (Å²) in [6.07, 6.45) is 3.82. The molecule has 1 aromatic rings. The van der Waals surface area contributed by atoms with E-state index in [-0.39, 0.29) is 5.91 Å². The normalized spacial score (nSPS) is 16.4. The molecule has 0 atom stereocenters. The average molecular weight is 291 g/mol. The summed E-state index contributed by atoms with van der Waals surface area (Å²) in [4.78, 5) is 14.0. The van der Waals surface area contributed by atoms with Gasteiger partial charge in [0, 0.05) is 5.56 Å². The zero-order valence-corrected chi connectivity index (χ0v) is 13.0. The first-order chi connectivity index (χ1) is 10.1. The Morgan fingerprint density at radius 1 is 1.24 bits per heavy atom. The second-order valence-electron chi connectivity index (χ2n) is 5.86. The topological polar surface area (TPSA) is 49.8 Å². The second-order valence-corrected chi connectivity index (χ2v) is 5.86. The Morgan fingerprint density at radius 2 is 1.90 bits per heavy atom. The summed E-state index contributed by atoms with van der Waals surface area (Å²) in [5, 5.41) is 10.1. The summed E-state index contributed by atoms with van der Waals surface area (Å²) in [7, 11) is 0. The first-order valence-corrected chi connectivity index (χ1v) is 7.82. The largest absolute Gasteiger partial charge is 0.494 e. The predicted octanol–water partition coefficient (Wildman–Crippen LogP) is 2.85. The van der Waals surface area contributed by atoms with Crippen LogP contribution in [-0.4, -0.2) is 41.2 Å². The summed E-state index contributed by atoms with van der Waals surface area (Å²) in [6, 6.07) is 7.25. The van der Waals surface area contributed by atoms with Gasteiger partial charge in [-0.25, -0.2) is 0 Å². The Balaban J connectivity index is 1.86. The fourth-order valence-corrected chi connectivity index (χ4v) is 2.64. The molecule has 2 rings (SSSR count). The van der Waals surface area contributed by atoms with E-state index in [1.807, 2.05) is 19.1 Å². The highest BCUT2D eigenvalue weighted by molar-refractivity contribution is 5.95. The zero-order valence-electron chi connectivity index (χ0n) is 13.0. The van der Waals surface area contributed by atoms with Crippen molar-refractivity contribution in [3.8, 4) is 5.75 Å². The Kier molecular flexibility index (Phi) is 5.23. The molecule has 0 radical (unpaired) electrons. The molecule has 0 aliphatic carbocycles. The number of ether oxygens (including phenoxy) is 1. The van der Waals surface area contributed by atoms with E-state index in [9.17, 15) is 9.90 Å². The van der Waals surface area contributed by atoms with Crippen molar-refractivity contribution in [2.24, 2.45) is 0 Å². The predicted molar refractivity (Wildman–Crippen MR) is 82.6 cm³/mol. The van der Waals surface area contributed by atoms with Crippen LogP contribution in [0.4, 0.5) is 0 Å². The number of hydrogen-bond donors (Lipinski definition) is 1. The van der Waals surface area contributed by atoms with Gasteiger partial charge in [-0.2, -0.15) is 0 Å². The number of carbonyl (C=O) groups is 1. The van der Waals surface area contributed by atoms with Crippen LogP contribution in [0.25, 0.3) is 0 Å². The van der Waals surface area contributed by atoms with Crippen molar-refractivity contribution in [1.29, 1.82) is 0 Å². The van der Waals surface area contributed by atoms with E-state index in [4.69, 9.17) is 4.74 Å². The molecule has 116 valence electrons. The smallest absolute Gasteiger partial charge is 0.254 e. The van der Waals surface area contributed by atoms with Gasteiger partial charge < -0.3 is 14.7 Å². The van der Waals surface area contributed by atoms with Crippen LogP contribution in [0.3, 0.4) is 0 Å². The fraction of sp³-hybridized carbons (Fsp3) is 0.588. The molecule has 21 heavy (non-hydrogen) atoms. The molecule has 1 fully saturated rings. The lowest BCUT2D eigenvalue weighted by atomic mass is 9.89. The maximum Gasteiger partial charge on any atom is 0.254 e. The zero-order chi connectivity index (χ0) is 15.3. The Morgan fingerprint density at radius 3 is 2.48 bits per heavy atom. The van der Waals surface area contributed by atoms with Crippen molar-refractivity contribution in [1.82, 2.24) is 4.90 Å². The standard InChI is InChI=1S/C17H25NO3/c1-3-5-11-21-15-8-6-14(7-9-15)16(19)18-12-17(20,13-18)10-4-2/h6-9,20H,3-5,10-13H2,1-2H3. The second kappa shape index (κ2) is 6.94. The maximum absolute atomic E-state index is 12.3. The Hall–Kier alpha value is -1.55. The number of unbranched alkanes of at least 4 members (excludes halogenated alkanes) is 1. The average Bonchev–Trinajstić information content (AvgIpc) is 2.45. The highest BCUT2D eigenvalue weighted by Crippen LogP contribution is 2.27.